The Balaban J connectivity index is 1.60. The predicted octanol–water partition coefficient (Wildman–Crippen LogP) is 4.32. The van der Waals surface area contributed by atoms with E-state index in [0.29, 0.717) is 0 Å². The molecule has 6 heteroatoms. The smallest absolute Gasteiger partial charge is 0.358 e. The number of hydrogen-bond donors (Lipinski definition) is 0. The number of likely N-dealkylation sites (tertiary alicyclic amines) is 1. The largest absolute Gasteiger partial charge is 0.451 e. The number of benzene rings is 1. The Hall–Kier alpha value is -2.21. The molecule has 0 spiro atoms. The van der Waals surface area contributed by atoms with Gasteiger partial charge in [0.2, 0.25) is 0 Å². The zero-order valence-electron chi connectivity index (χ0n) is 16.1. The fourth-order valence-electron chi connectivity index (χ4n) is 3.57. The monoisotopic (exact) mass is 386 g/mol. The molecular weight excluding hydrogens is 360 g/mol. The van der Waals surface area contributed by atoms with Gasteiger partial charge < -0.3 is 9.64 Å². The molecule has 0 N–H and O–H groups in total. The molecule has 1 aliphatic heterocycles. The second-order valence-electron chi connectivity index (χ2n) is 7.09. The van der Waals surface area contributed by atoms with Crippen LogP contribution in [-0.2, 0) is 16.0 Å². The summed E-state index contributed by atoms with van der Waals surface area (Å²) in [6.45, 7) is 5.97. The number of ether oxygens (including phenoxy) is 1. The third-order valence-corrected chi connectivity index (χ3v) is 6.02. The van der Waals surface area contributed by atoms with E-state index in [1.807, 2.05) is 30.9 Å². The number of amides is 1. The first-order chi connectivity index (χ1) is 13.0. The van der Waals surface area contributed by atoms with Crippen molar-refractivity contribution in [3.05, 3.63) is 40.9 Å². The SMILES string of the molecule is CCc1ccc(-c2nc(C(=O)OCC(=O)N3[C@H](C)CCC[C@@H]3C)cs2)cc1. The maximum absolute atomic E-state index is 12.5. The summed E-state index contributed by atoms with van der Waals surface area (Å²) in [7, 11) is 0. The van der Waals surface area contributed by atoms with Crippen molar-refractivity contribution in [1.29, 1.82) is 0 Å². The highest BCUT2D eigenvalue weighted by atomic mass is 32.1. The highest BCUT2D eigenvalue weighted by molar-refractivity contribution is 7.13. The summed E-state index contributed by atoms with van der Waals surface area (Å²) in [5.74, 6) is -0.679. The minimum Gasteiger partial charge on any atom is -0.451 e. The van der Waals surface area contributed by atoms with E-state index in [0.717, 1.165) is 36.3 Å². The van der Waals surface area contributed by atoms with Gasteiger partial charge in [0.1, 0.15) is 5.01 Å². The molecule has 2 heterocycles. The van der Waals surface area contributed by atoms with E-state index in [4.69, 9.17) is 4.74 Å². The Morgan fingerprint density at radius 3 is 2.48 bits per heavy atom. The highest BCUT2D eigenvalue weighted by Crippen LogP contribution is 2.25. The van der Waals surface area contributed by atoms with Crippen LogP contribution in [0.2, 0.25) is 0 Å². The molecule has 144 valence electrons. The molecule has 1 aromatic heterocycles. The summed E-state index contributed by atoms with van der Waals surface area (Å²) >= 11 is 1.40. The molecule has 0 unspecified atom stereocenters. The molecule has 1 aliphatic rings. The van der Waals surface area contributed by atoms with Gasteiger partial charge in [0.25, 0.3) is 5.91 Å². The number of rotatable bonds is 5. The van der Waals surface area contributed by atoms with Crippen LogP contribution in [0.5, 0.6) is 0 Å². The van der Waals surface area contributed by atoms with Gasteiger partial charge in [-0.05, 0) is 45.1 Å². The lowest BCUT2D eigenvalue weighted by molar-refractivity contribution is -0.140. The van der Waals surface area contributed by atoms with E-state index in [-0.39, 0.29) is 30.3 Å². The minimum atomic E-state index is -0.548. The fourth-order valence-corrected chi connectivity index (χ4v) is 4.37. The second-order valence-corrected chi connectivity index (χ2v) is 7.95. The van der Waals surface area contributed by atoms with Crippen molar-refractivity contribution in [1.82, 2.24) is 9.88 Å². The van der Waals surface area contributed by atoms with Crippen molar-refractivity contribution in [3.63, 3.8) is 0 Å². The molecule has 2 atom stereocenters. The second kappa shape index (κ2) is 8.65. The topological polar surface area (TPSA) is 59.5 Å². The van der Waals surface area contributed by atoms with Crippen LogP contribution in [0.15, 0.2) is 29.6 Å². The van der Waals surface area contributed by atoms with Crippen LogP contribution in [-0.4, -0.2) is 40.5 Å². The van der Waals surface area contributed by atoms with Gasteiger partial charge in [-0.3, -0.25) is 4.79 Å². The molecule has 2 aromatic rings. The molecule has 0 radical (unpaired) electrons. The number of aromatic nitrogens is 1. The lowest BCUT2D eigenvalue weighted by Gasteiger charge is -2.38. The zero-order valence-corrected chi connectivity index (χ0v) is 16.9. The van der Waals surface area contributed by atoms with Gasteiger partial charge in [0, 0.05) is 23.0 Å². The normalized spacial score (nSPS) is 19.7. The summed E-state index contributed by atoms with van der Waals surface area (Å²) in [4.78, 5) is 31.0. The summed E-state index contributed by atoms with van der Waals surface area (Å²) in [5.41, 5.74) is 2.49. The van der Waals surface area contributed by atoms with E-state index in [1.54, 1.807) is 5.38 Å². The maximum Gasteiger partial charge on any atom is 0.358 e. The number of carbonyl (C=O) groups excluding carboxylic acids is 2. The first kappa shape index (κ1) is 19.5. The maximum atomic E-state index is 12.5. The molecule has 0 saturated carbocycles. The van der Waals surface area contributed by atoms with Gasteiger partial charge in [-0.1, -0.05) is 31.2 Å². The van der Waals surface area contributed by atoms with Crippen LogP contribution in [0, 0.1) is 0 Å². The number of hydrogen-bond acceptors (Lipinski definition) is 5. The van der Waals surface area contributed by atoms with Gasteiger partial charge in [0.15, 0.2) is 12.3 Å². The Labute approximate surface area is 164 Å². The molecular formula is C21H26N2O3S. The Kier molecular flexibility index (Phi) is 6.26. The van der Waals surface area contributed by atoms with Crippen LogP contribution >= 0.6 is 11.3 Å². The molecule has 3 rings (SSSR count). The summed E-state index contributed by atoms with van der Waals surface area (Å²) in [6.07, 6.45) is 4.11. The van der Waals surface area contributed by atoms with E-state index in [9.17, 15) is 9.59 Å². The molecule has 27 heavy (non-hydrogen) atoms. The molecule has 1 amide bonds. The van der Waals surface area contributed by atoms with Crippen LogP contribution in [0.3, 0.4) is 0 Å². The van der Waals surface area contributed by atoms with E-state index >= 15 is 0 Å². The van der Waals surface area contributed by atoms with Crippen molar-refractivity contribution in [2.24, 2.45) is 0 Å². The number of nitrogens with zero attached hydrogens (tertiary/aromatic N) is 2. The zero-order chi connectivity index (χ0) is 19.4. The van der Waals surface area contributed by atoms with Crippen molar-refractivity contribution >= 4 is 23.2 Å². The number of thiazole rings is 1. The van der Waals surface area contributed by atoms with Crippen molar-refractivity contribution in [2.45, 2.75) is 58.5 Å². The lowest BCUT2D eigenvalue weighted by atomic mass is 9.97. The Morgan fingerprint density at radius 1 is 1.19 bits per heavy atom. The summed E-state index contributed by atoms with van der Waals surface area (Å²) in [6, 6.07) is 8.53. The summed E-state index contributed by atoms with van der Waals surface area (Å²) < 4.78 is 5.24. The minimum absolute atomic E-state index is 0.131. The molecule has 1 saturated heterocycles. The van der Waals surface area contributed by atoms with Gasteiger partial charge in [-0.15, -0.1) is 11.3 Å². The Bertz CT molecular complexity index is 790. The van der Waals surface area contributed by atoms with E-state index in [1.165, 1.54) is 16.9 Å². The molecule has 0 aliphatic carbocycles. The molecule has 0 bridgehead atoms. The van der Waals surface area contributed by atoms with Crippen LogP contribution in [0.25, 0.3) is 10.6 Å². The van der Waals surface area contributed by atoms with Crippen LogP contribution in [0.1, 0.15) is 56.1 Å². The van der Waals surface area contributed by atoms with Gasteiger partial charge in [0.05, 0.1) is 0 Å². The van der Waals surface area contributed by atoms with Gasteiger partial charge in [-0.25, -0.2) is 9.78 Å². The highest BCUT2D eigenvalue weighted by Gasteiger charge is 2.29. The third-order valence-electron chi connectivity index (χ3n) is 5.13. The average molecular weight is 387 g/mol. The molecule has 1 aromatic carbocycles. The molecule has 1 fully saturated rings. The quantitative estimate of drug-likeness (QED) is 0.718. The standard InChI is InChI=1S/C21H26N2O3S/c1-4-16-8-10-17(11-9-16)20-22-18(13-27-20)21(25)26-12-19(24)23-14(2)6-5-7-15(23)3/h8-11,13-15H,4-7,12H2,1-3H3/t14-,15+. The number of esters is 1. The number of carbonyl (C=O) groups is 2. The fraction of sp³-hybridized carbons (Fsp3) is 0.476. The van der Waals surface area contributed by atoms with Crippen molar-refractivity contribution in [2.75, 3.05) is 6.61 Å². The Morgan fingerprint density at radius 2 is 1.85 bits per heavy atom. The molecule has 5 nitrogen and oxygen atoms in total. The first-order valence-electron chi connectivity index (χ1n) is 9.52. The predicted molar refractivity (Wildman–Crippen MR) is 107 cm³/mol. The first-order valence-corrected chi connectivity index (χ1v) is 10.4. The van der Waals surface area contributed by atoms with Gasteiger partial charge in [-0.2, -0.15) is 0 Å². The number of piperidine rings is 1. The van der Waals surface area contributed by atoms with E-state index < -0.39 is 5.97 Å². The van der Waals surface area contributed by atoms with Crippen molar-refractivity contribution < 1.29 is 14.3 Å². The van der Waals surface area contributed by atoms with E-state index in [2.05, 4.69) is 24.0 Å². The summed E-state index contributed by atoms with van der Waals surface area (Å²) in [5, 5.41) is 2.45. The van der Waals surface area contributed by atoms with Crippen molar-refractivity contribution in [3.8, 4) is 10.6 Å². The average Bonchev–Trinajstić information content (AvgIpc) is 3.16. The van der Waals surface area contributed by atoms with Crippen LogP contribution in [0.4, 0.5) is 0 Å². The van der Waals surface area contributed by atoms with Gasteiger partial charge >= 0.3 is 5.97 Å². The third kappa shape index (κ3) is 4.56. The van der Waals surface area contributed by atoms with Crippen LogP contribution < -0.4 is 0 Å². The number of aryl methyl sites for hydroxylation is 1. The lowest BCUT2D eigenvalue weighted by Crippen LogP contribution is -2.49.